The van der Waals surface area contributed by atoms with Gasteiger partial charge in [0.05, 0.1) is 0 Å². The van der Waals surface area contributed by atoms with Gasteiger partial charge in [-0.05, 0) is 44.9 Å². The Morgan fingerprint density at radius 3 is 2.38 bits per heavy atom. The van der Waals surface area contributed by atoms with Crippen LogP contribution in [-0.4, -0.2) is 18.1 Å². The van der Waals surface area contributed by atoms with E-state index in [-0.39, 0.29) is 12.1 Å². The highest BCUT2D eigenvalue weighted by Gasteiger charge is 2.21. The van der Waals surface area contributed by atoms with Crippen molar-refractivity contribution in [3.05, 3.63) is 0 Å². The van der Waals surface area contributed by atoms with E-state index in [9.17, 15) is 4.79 Å². The van der Waals surface area contributed by atoms with Gasteiger partial charge in [-0.1, -0.05) is 20.3 Å². The highest BCUT2D eigenvalue weighted by Crippen LogP contribution is 2.26. The number of hydrogen-bond acceptors (Lipinski definition) is 1. The third-order valence-electron chi connectivity index (χ3n) is 3.75. The van der Waals surface area contributed by atoms with Gasteiger partial charge < -0.3 is 10.6 Å². The summed E-state index contributed by atoms with van der Waals surface area (Å²) in [6.45, 7) is 6.37. The number of amides is 2. The van der Waals surface area contributed by atoms with Gasteiger partial charge in [0.15, 0.2) is 0 Å². The van der Waals surface area contributed by atoms with Crippen LogP contribution in [0.15, 0.2) is 0 Å². The van der Waals surface area contributed by atoms with Gasteiger partial charge in [-0.3, -0.25) is 0 Å². The second kappa shape index (κ2) is 6.77. The monoisotopic (exact) mass is 226 g/mol. The van der Waals surface area contributed by atoms with Crippen molar-refractivity contribution < 1.29 is 4.79 Å². The maximum atomic E-state index is 11.6. The average Bonchev–Trinajstić information content (AvgIpc) is 2.29. The summed E-state index contributed by atoms with van der Waals surface area (Å²) in [6.07, 6.45) is 7.09. The zero-order valence-corrected chi connectivity index (χ0v) is 10.9. The van der Waals surface area contributed by atoms with E-state index in [2.05, 4.69) is 24.5 Å². The van der Waals surface area contributed by atoms with Crippen molar-refractivity contribution in [2.24, 2.45) is 5.92 Å². The smallest absolute Gasteiger partial charge is 0.315 e. The van der Waals surface area contributed by atoms with Crippen LogP contribution >= 0.6 is 0 Å². The lowest BCUT2D eigenvalue weighted by atomic mass is 9.85. The van der Waals surface area contributed by atoms with Gasteiger partial charge in [-0.15, -0.1) is 0 Å². The largest absolute Gasteiger partial charge is 0.336 e. The maximum absolute atomic E-state index is 11.6. The fourth-order valence-electron chi connectivity index (χ4n) is 2.27. The molecule has 0 aromatic carbocycles. The molecule has 2 amide bonds. The minimum Gasteiger partial charge on any atom is -0.336 e. The fourth-order valence-corrected chi connectivity index (χ4v) is 2.27. The van der Waals surface area contributed by atoms with Gasteiger partial charge in [-0.25, -0.2) is 4.79 Å². The number of nitrogens with one attached hydrogen (secondary N) is 2. The van der Waals surface area contributed by atoms with E-state index in [0.29, 0.717) is 6.04 Å². The normalized spacial score (nSPS) is 27.2. The maximum Gasteiger partial charge on any atom is 0.315 e. The molecule has 0 unspecified atom stereocenters. The fraction of sp³-hybridized carbons (Fsp3) is 0.923. The number of urea groups is 1. The van der Waals surface area contributed by atoms with E-state index in [1.165, 1.54) is 19.3 Å². The number of rotatable bonds is 4. The topological polar surface area (TPSA) is 41.1 Å². The molecule has 1 atom stereocenters. The van der Waals surface area contributed by atoms with Crippen LogP contribution in [0.25, 0.3) is 0 Å². The van der Waals surface area contributed by atoms with Gasteiger partial charge in [-0.2, -0.15) is 0 Å². The van der Waals surface area contributed by atoms with E-state index in [1.54, 1.807) is 0 Å². The summed E-state index contributed by atoms with van der Waals surface area (Å²) < 4.78 is 0. The predicted octanol–water partition coefficient (Wildman–Crippen LogP) is 3.05. The van der Waals surface area contributed by atoms with E-state index < -0.39 is 0 Å². The molecule has 0 bridgehead atoms. The highest BCUT2D eigenvalue weighted by atomic mass is 16.2. The first-order chi connectivity index (χ1) is 7.65. The van der Waals surface area contributed by atoms with E-state index in [1.807, 2.05) is 6.92 Å². The quantitative estimate of drug-likeness (QED) is 0.760. The van der Waals surface area contributed by atoms with Crippen LogP contribution in [0.4, 0.5) is 4.79 Å². The molecule has 1 aliphatic rings. The van der Waals surface area contributed by atoms with Crippen molar-refractivity contribution >= 4 is 6.03 Å². The van der Waals surface area contributed by atoms with Crippen LogP contribution in [0, 0.1) is 5.92 Å². The van der Waals surface area contributed by atoms with Crippen molar-refractivity contribution in [3.63, 3.8) is 0 Å². The predicted molar refractivity (Wildman–Crippen MR) is 67.5 cm³/mol. The molecule has 1 fully saturated rings. The van der Waals surface area contributed by atoms with Gasteiger partial charge in [0, 0.05) is 12.1 Å². The Morgan fingerprint density at radius 1 is 1.25 bits per heavy atom. The van der Waals surface area contributed by atoms with Crippen molar-refractivity contribution in [1.29, 1.82) is 0 Å². The third kappa shape index (κ3) is 4.42. The summed E-state index contributed by atoms with van der Waals surface area (Å²) >= 11 is 0. The molecule has 3 heteroatoms. The Balaban J connectivity index is 2.20. The summed E-state index contributed by atoms with van der Waals surface area (Å²) in [5, 5.41) is 6.03. The highest BCUT2D eigenvalue weighted by molar-refractivity contribution is 5.74. The molecule has 0 heterocycles. The molecule has 1 rings (SSSR count). The lowest BCUT2D eigenvalue weighted by Gasteiger charge is -2.28. The lowest BCUT2D eigenvalue weighted by Crippen LogP contribution is -2.46. The van der Waals surface area contributed by atoms with Crippen molar-refractivity contribution in [2.75, 3.05) is 0 Å². The molecule has 2 N–H and O–H groups in total. The molecule has 0 aromatic heterocycles. The molecule has 0 aromatic rings. The Labute approximate surface area is 99.4 Å². The summed E-state index contributed by atoms with van der Waals surface area (Å²) in [4.78, 5) is 11.6. The summed E-state index contributed by atoms with van der Waals surface area (Å²) in [5.41, 5.74) is 0. The second-order valence-electron chi connectivity index (χ2n) is 5.05. The van der Waals surface area contributed by atoms with Crippen LogP contribution < -0.4 is 10.6 Å². The minimum absolute atomic E-state index is 0.00861. The average molecular weight is 226 g/mol. The van der Waals surface area contributed by atoms with Crippen LogP contribution in [-0.2, 0) is 0 Å². The molecule has 16 heavy (non-hydrogen) atoms. The summed E-state index contributed by atoms with van der Waals surface area (Å²) in [6, 6.07) is 0.674. The van der Waals surface area contributed by atoms with Gasteiger partial charge >= 0.3 is 6.03 Å². The van der Waals surface area contributed by atoms with Crippen LogP contribution in [0.2, 0.25) is 0 Å². The van der Waals surface area contributed by atoms with Crippen LogP contribution in [0.1, 0.15) is 59.3 Å². The molecule has 3 nitrogen and oxygen atoms in total. The Morgan fingerprint density at radius 2 is 1.88 bits per heavy atom. The zero-order valence-electron chi connectivity index (χ0n) is 10.9. The van der Waals surface area contributed by atoms with E-state index in [0.717, 1.165) is 25.2 Å². The zero-order chi connectivity index (χ0) is 12.0. The molecular formula is C13H26N2O. The van der Waals surface area contributed by atoms with E-state index >= 15 is 0 Å². The first-order valence-electron chi connectivity index (χ1n) is 6.72. The van der Waals surface area contributed by atoms with Crippen LogP contribution in [0.3, 0.4) is 0 Å². The Bertz CT molecular complexity index is 210. The molecule has 1 saturated carbocycles. The van der Waals surface area contributed by atoms with Crippen LogP contribution in [0.5, 0.6) is 0 Å². The Hall–Kier alpha value is -0.730. The first kappa shape index (κ1) is 13.3. The summed E-state index contributed by atoms with van der Waals surface area (Å²) in [7, 11) is 0. The van der Waals surface area contributed by atoms with Gasteiger partial charge in [0.25, 0.3) is 0 Å². The van der Waals surface area contributed by atoms with E-state index in [4.69, 9.17) is 0 Å². The van der Waals surface area contributed by atoms with Crippen molar-refractivity contribution in [3.8, 4) is 0 Å². The van der Waals surface area contributed by atoms with Crippen molar-refractivity contribution in [2.45, 2.75) is 71.4 Å². The molecule has 0 spiro atoms. The standard InChI is InChI=1S/C13H26N2O/c1-4-10(3)14-13(16)15-12-8-6-11(5-2)7-9-12/h10-12H,4-9H2,1-3H3,(H2,14,15,16)/t10-,11?,12?/m1/s1. The third-order valence-corrected chi connectivity index (χ3v) is 3.75. The van der Waals surface area contributed by atoms with Gasteiger partial charge in [0.2, 0.25) is 0 Å². The van der Waals surface area contributed by atoms with Crippen molar-refractivity contribution in [1.82, 2.24) is 10.6 Å². The second-order valence-corrected chi connectivity index (χ2v) is 5.05. The number of carbonyl (C=O) groups is 1. The number of hydrogen-bond donors (Lipinski definition) is 2. The molecular weight excluding hydrogens is 200 g/mol. The Kier molecular flexibility index (Phi) is 5.64. The molecule has 94 valence electrons. The molecule has 0 aliphatic heterocycles. The molecule has 0 saturated heterocycles. The summed E-state index contributed by atoms with van der Waals surface area (Å²) in [5.74, 6) is 0.885. The molecule has 0 radical (unpaired) electrons. The minimum atomic E-state index is 0.00861. The van der Waals surface area contributed by atoms with Gasteiger partial charge in [0.1, 0.15) is 0 Å². The SMILES string of the molecule is CCC1CCC(NC(=O)N[C@H](C)CC)CC1. The first-order valence-corrected chi connectivity index (χ1v) is 6.72. The lowest BCUT2D eigenvalue weighted by molar-refractivity contribution is 0.223. The molecule has 1 aliphatic carbocycles. The number of carbonyl (C=O) groups excluding carboxylic acids is 1.